The van der Waals surface area contributed by atoms with Crippen LogP contribution in [0.3, 0.4) is 0 Å². The molecular weight excluding hydrogens is 215 g/mol. The number of hydrogen-bond acceptors (Lipinski definition) is 2. The zero-order valence-electron chi connectivity index (χ0n) is 10.6. The van der Waals surface area contributed by atoms with Crippen LogP contribution in [0.5, 0.6) is 0 Å². The van der Waals surface area contributed by atoms with E-state index in [1.807, 2.05) is 0 Å². The lowest BCUT2D eigenvalue weighted by Crippen LogP contribution is -2.18. The first-order valence-corrected chi connectivity index (χ1v) is 6.45. The van der Waals surface area contributed by atoms with Crippen LogP contribution < -0.4 is 11.1 Å². The molecule has 0 heterocycles. The Balaban J connectivity index is 2.16. The molecule has 0 aliphatic carbocycles. The molecule has 3 N–H and O–H groups in total. The van der Waals surface area contributed by atoms with Gasteiger partial charge in [-0.2, -0.15) is 0 Å². The van der Waals surface area contributed by atoms with Crippen LogP contribution in [0.1, 0.15) is 44.2 Å². The predicted octanol–water partition coefficient (Wildman–Crippen LogP) is 3.00. The number of nitrogens with one attached hydrogen (secondary N) is 1. The van der Waals surface area contributed by atoms with E-state index < -0.39 is 0 Å². The van der Waals surface area contributed by atoms with Gasteiger partial charge in [0.15, 0.2) is 0 Å². The van der Waals surface area contributed by atoms with Crippen molar-refractivity contribution < 1.29 is 4.39 Å². The summed E-state index contributed by atoms with van der Waals surface area (Å²) in [6.45, 7) is 4.28. The average molecular weight is 238 g/mol. The van der Waals surface area contributed by atoms with E-state index in [9.17, 15) is 4.39 Å². The molecule has 1 unspecified atom stereocenters. The molecule has 0 saturated heterocycles. The van der Waals surface area contributed by atoms with E-state index >= 15 is 0 Å². The molecule has 1 aromatic rings. The Bertz CT molecular complexity index is 298. The summed E-state index contributed by atoms with van der Waals surface area (Å²) < 4.78 is 12.7. The molecular formula is C14H23FN2. The molecule has 0 fully saturated rings. The lowest BCUT2D eigenvalue weighted by atomic mass is 10.0. The molecule has 1 aromatic carbocycles. The van der Waals surface area contributed by atoms with Gasteiger partial charge in [0.25, 0.3) is 0 Å². The van der Waals surface area contributed by atoms with Crippen LogP contribution >= 0.6 is 0 Å². The highest BCUT2D eigenvalue weighted by molar-refractivity contribution is 5.19. The topological polar surface area (TPSA) is 38.0 Å². The van der Waals surface area contributed by atoms with E-state index in [-0.39, 0.29) is 11.9 Å². The van der Waals surface area contributed by atoms with E-state index in [4.69, 9.17) is 5.73 Å². The molecule has 2 nitrogen and oxygen atoms in total. The smallest absolute Gasteiger partial charge is 0.123 e. The Hall–Kier alpha value is -0.930. The molecule has 0 radical (unpaired) electrons. The first kappa shape index (κ1) is 14.1. The van der Waals surface area contributed by atoms with Gasteiger partial charge in [-0.15, -0.1) is 0 Å². The number of hydrogen-bond donors (Lipinski definition) is 2. The maximum absolute atomic E-state index is 12.7. The summed E-state index contributed by atoms with van der Waals surface area (Å²) >= 11 is 0. The molecule has 17 heavy (non-hydrogen) atoms. The zero-order valence-corrected chi connectivity index (χ0v) is 10.6. The predicted molar refractivity (Wildman–Crippen MR) is 70.3 cm³/mol. The molecule has 3 heteroatoms. The van der Waals surface area contributed by atoms with E-state index in [0.29, 0.717) is 0 Å². The fraction of sp³-hybridized carbons (Fsp3) is 0.571. The van der Waals surface area contributed by atoms with Crippen LogP contribution in [-0.4, -0.2) is 13.1 Å². The highest BCUT2D eigenvalue weighted by atomic mass is 19.1. The minimum absolute atomic E-state index is 0.0172. The zero-order chi connectivity index (χ0) is 12.5. The molecule has 0 aliphatic rings. The van der Waals surface area contributed by atoms with Gasteiger partial charge in [-0.3, -0.25) is 0 Å². The van der Waals surface area contributed by atoms with Crippen LogP contribution in [0, 0.1) is 5.82 Å². The van der Waals surface area contributed by atoms with Crippen LogP contribution in [-0.2, 0) is 0 Å². The maximum atomic E-state index is 12.7. The van der Waals surface area contributed by atoms with Crippen LogP contribution in [0.2, 0.25) is 0 Å². The summed E-state index contributed by atoms with van der Waals surface area (Å²) in [6.07, 6.45) is 4.44. The second-order valence-electron chi connectivity index (χ2n) is 4.40. The highest BCUT2D eigenvalue weighted by Crippen LogP contribution is 2.15. The molecule has 0 aliphatic heterocycles. The third kappa shape index (κ3) is 5.80. The lowest BCUT2D eigenvalue weighted by Gasteiger charge is -2.12. The van der Waals surface area contributed by atoms with Crippen LogP contribution in [0.25, 0.3) is 0 Å². The summed E-state index contributed by atoms with van der Waals surface area (Å²) in [4.78, 5) is 0. The Morgan fingerprint density at radius 2 is 1.82 bits per heavy atom. The lowest BCUT2D eigenvalue weighted by molar-refractivity contribution is 0.556. The second-order valence-corrected chi connectivity index (χ2v) is 4.40. The normalized spacial score (nSPS) is 12.6. The van der Waals surface area contributed by atoms with E-state index in [0.717, 1.165) is 31.5 Å². The number of benzene rings is 1. The molecule has 1 rings (SSSR count). The summed E-state index contributed by atoms with van der Waals surface area (Å²) in [6, 6.07) is 6.49. The number of halogens is 1. The maximum Gasteiger partial charge on any atom is 0.123 e. The molecule has 0 spiro atoms. The molecule has 0 saturated carbocycles. The van der Waals surface area contributed by atoms with Crippen molar-refractivity contribution in [2.24, 2.45) is 5.73 Å². The van der Waals surface area contributed by atoms with Crippen molar-refractivity contribution in [1.82, 2.24) is 5.32 Å². The van der Waals surface area contributed by atoms with Gasteiger partial charge in [0, 0.05) is 6.04 Å². The van der Waals surface area contributed by atoms with Crippen molar-refractivity contribution in [3.63, 3.8) is 0 Å². The molecule has 96 valence electrons. The first-order valence-electron chi connectivity index (χ1n) is 6.45. The Kier molecular flexibility index (Phi) is 6.82. The van der Waals surface area contributed by atoms with Crippen LogP contribution in [0.15, 0.2) is 24.3 Å². The summed E-state index contributed by atoms with van der Waals surface area (Å²) in [7, 11) is 0. The standard InChI is InChI=1S/C14H23FN2/c1-2-3-10-17-11-4-5-14(16)12-6-8-13(15)9-7-12/h6-9,14,17H,2-5,10-11,16H2,1H3. The monoisotopic (exact) mass is 238 g/mol. The van der Waals surface area contributed by atoms with Crippen molar-refractivity contribution >= 4 is 0 Å². The minimum atomic E-state index is -0.206. The van der Waals surface area contributed by atoms with E-state index in [2.05, 4.69) is 12.2 Å². The summed E-state index contributed by atoms with van der Waals surface area (Å²) in [5, 5.41) is 3.39. The molecule has 0 bridgehead atoms. The van der Waals surface area contributed by atoms with Gasteiger partial charge in [-0.1, -0.05) is 25.5 Å². The van der Waals surface area contributed by atoms with Crippen LogP contribution in [0.4, 0.5) is 4.39 Å². The third-order valence-corrected chi connectivity index (χ3v) is 2.87. The average Bonchev–Trinajstić information content (AvgIpc) is 2.34. The summed E-state index contributed by atoms with van der Waals surface area (Å²) in [5.74, 6) is -0.206. The van der Waals surface area contributed by atoms with Gasteiger partial charge in [0.2, 0.25) is 0 Å². The molecule has 0 aromatic heterocycles. The summed E-state index contributed by atoms with van der Waals surface area (Å²) in [5.41, 5.74) is 7.05. The van der Waals surface area contributed by atoms with Crippen molar-refractivity contribution in [3.05, 3.63) is 35.6 Å². The Morgan fingerprint density at radius 3 is 2.47 bits per heavy atom. The molecule has 0 amide bonds. The van der Waals surface area contributed by atoms with Gasteiger partial charge < -0.3 is 11.1 Å². The highest BCUT2D eigenvalue weighted by Gasteiger charge is 2.05. The van der Waals surface area contributed by atoms with Crippen molar-refractivity contribution in [3.8, 4) is 0 Å². The number of nitrogens with two attached hydrogens (primary N) is 1. The SMILES string of the molecule is CCCCNCCCC(N)c1ccc(F)cc1. The van der Waals surface area contributed by atoms with Gasteiger partial charge >= 0.3 is 0 Å². The fourth-order valence-electron chi connectivity index (χ4n) is 1.75. The molecule has 1 atom stereocenters. The third-order valence-electron chi connectivity index (χ3n) is 2.87. The van der Waals surface area contributed by atoms with Crippen molar-refractivity contribution in [1.29, 1.82) is 0 Å². The number of unbranched alkanes of at least 4 members (excludes halogenated alkanes) is 1. The van der Waals surface area contributed by atoms with Gasteiger partial charge in [0.05, 0.1) is 0 Å². The minimum Gasteiger partial charge on any atom is -0.324 e. The van der Waals surface area contributed by atoms with E-state index in [1.165, 1.54) is 25.0 Å². The number of rotatable bonds is 8. The fourth-order valence-corrected chi connectivity index (χ4v) is 1.75. The van der Waals surface area contributed by atoms with Gasteiger partial charge in [0.1, 0.15) is 5.82 Å². The largest absolute Gasteiger partial charge is 0.324 e. The first-order chi connectivity index (χ1) is 8.24. The quantitative estimate of drug-likeness (QED) is 0.683. The van der Waals surface area contributed by atoms with Crippen molar-refractivity contribution in [2.45, 2.75) is 38.6 Å². The Morgan fingerprint density at radius 1 is 1.18 bits per heavy atom. The Labute approximate surface area is 103 Å². The van der Waals surface area contributed by atoms with E-state index in [1.54, 1.807) is 12.1 Å². The van der Waals surface area contributed by atoms with Gasteiger partial charge in [-0.05, 0) is 50.0 Å². The van der Waals surface area contributed by atoms with Gasteiger partial charge in [-0.25, -0.2) is 4.39 Å². The second kappa shape index (κ2) is 8.20. The van der Waals surface area contributed by atoms with Crippen molar-refractivity contribution in [2.75, 3.05) is 13.1 Å².